The van der Waals surface area contributed by atoms with Crippen molar-refractivity contribution < 1.29 is 13.5 Å². The minimum Gasteiger partial charge on any atom is -0.382 e. The van der Waals surface area contributed by atoms with E-state index in [4.69, 9.17) is 5.26 Å². The van der Waals surface area contributed by atoms with Crippen molar-refractivity contribution in [3.63, 3.8) is 0 Å². The molecule has 2 nitrogen and oxygen atoms in total. The van der Waals surface area contributed by atoms with Gasteiger partial charge in [-0.1, -0.05) is 6.07 Å². The monoisotopic (exact) mass is 155 g/mol. The minimum absolute atomic E-state index is 0.657. The molecule has 0 unspecified atom stereocenters. The molecule has 0 amide bonds. The summed E-state index contributed by atoms with van der Waals surface area (Å²) in [5.74, 6) is -2.42. The third-order valence-electron chi connectivity index (χ3n) is 1.07. The average Bonchev–Trinajstić information content (AvgIpc) is 1.97. The van der Waals surface area contributed by atoms with Gasteiger partial charge in [-0.3, -0.25) is 0 Å². The molecule has 0 aliphatic rings. The highest BCUT2D eigenvalue weighted by Gasteiger charge is 2.08. The second kappa shape index (κ2) is 2.97. The first kappa shape index (κ1) is 7.48. The fraction of sp³-hybridized carbons (Fsp3) is 0. The summed E-state index contributed by atoms with van der Waals surface area (Å²) in [6, 6.07) is 3.21. The molecule has 0 spiro atoms. The highest BCUT2D eigenvalue weighted by atomic mass is 19.1. The summed E-state index contributed by atoms with van der Waals surface area (Å²) in [5.41, 5.74) is 0. The van der Waals surface area contributed by atoms with Crippen LogP contribution in [0, 0.1) is 23.2 Å². The van der Waals surface area contributed by atoms with E-state index in [0.29, 0.717) is 0 Å². The van der Waals surface area contributed by atoms with Crippen LogP contribution in [-0.2, 0) is 0 Å². The van der Waals surface area contributed by atoms with Crippen LogP contribution in [0.25, 0.3) is 0 Å². The zero-order valence-electron chi connectivity index (χ0n) is 5.34. The molecule has 0 saturated carbocycles. The van der Waals surface area contributed by atoms with Gasteiger partial charge in [0.15, 0.2) is 11.6 Å². The molecular formula is C7H3F2NO. The van der Waals surface area contributed by atoms with Crippen molar-refractivity contribution in [1.29, 1.82) is 5.26 Å². The predicted octanol–water partition coefficient (Wildman–Crippen LogP) is 1.82. The molecule has 4 heteroatoms. The SMILES string of the molecule is N#COc1c(F)cccc1F. The smallest absolute Gasteiger partial charge is 0.292 e. The fourth-order valence-electron chi connectivity index (χ4n) is 0.626. The van der Waals surface area contributed by atoms with Gasteiger partial charge >= 0.3 is 0 Å². The third-order valence-corrected chi connectivity index (χ3v) is 1.07. The van der Waals surface area contributed by atoms with Gasteiger partial charge in [0.1, 0.15) is 0 Å². The van der Waals surface area contributed by atoms with Gasteiger partial charge in [0.2, 0.25) is 5.75 Å². The lowest BCUT2D eigenvalue weighted by Gasteiger charge is -1.97. The Labute approximate surface area is 61.6 Å². The molecule has 11 heavy (non-hydrogen) atoms. The fourth-order valence-corrected chi connectivity index (χ4v) is 0.626. The van der Waals surface area contributed by atoms with Gasteiger partial charge < -0.3 is 4.74 Å². The maximum Gasteiger partial charge on any atom is 0.292 e. The molecule has 0 N–H and O–H groups in total. The van der Waals surface area contributed by atoms with Crippen LogP contribution in [0.1, 0.15) is 0 Å². The lowest BCUT2D eigenvalue weighted by atomic mass is 10.3. The number of hydrogen-bond donors (Lipinski definition) is 0. The van der Waals surface area contributed by atoms with Crippen molar-refractivity contribution in [3.05, 3.63) is 29.8 Å². The minimum atomic E-state index is -0.883. The number of nitriles is 1. The molecule has 0 aliphatic carbocycles. The number of halogens is 2. The molecule has 1 rings (SSSR count). The van der Waals surface area contributed by atoms with E-state index in [2.05, 4.69) is 4.74 Å². The number of ether oxygens (including phenoxy) is 1. The summed E-state index contributed by atoms with van der Waals surface area (Å²) >= 11 is 0. The molecule has 0 aromatic heterocycles. The van der Waals surface area contributed by atoms with Gasteiger partial charge in [0.05, 0.1) is 0 Å². The molecule has 0 radical (unpaired) electrons. The first-order valence-corrected chi connectivity index (χ1v) is 2.75. The van der Waals surface area contributed by atoms with Crippen molar-refractivity contribution >= 4 is 0 Å². The van der Waals surface area contributed by atoms with Crippen LogP contribution in [0.3, 0.4) is 0 Å². The molecule has 0 fully saturated rings. The average molecular weight is 155 g/mol. The molecule has 0 saturated heterocycles. The Bertz CT molecular complexity index is 286. The zero-order valence-corrected chi connectivity index (χ0v) is 5.34. The molecular weight excluding hydrogens is 152 g/mol. The van der Waals surface area contributed by atoms with Gasteiger partial charge in [0.25, 0.3) is 6.26 Å². The molecule has 1 aromatic carbocycles. The van der Waals surface area contributed by atoms with Crippen LogP contribution in [0.4, 0.5) is 8.78 Å². The van der Waals surface area contributed by atoms with Crippen molar-refractivity contribution in [2.24, 2.45) is 0 Å². The molecule has 0 aliphatic heterocycles. The molecule has 1 aromatic rings. The molecule has 0 atom stereocenters. The van der Waals surface area contributed by atoms with E-state index in [1.54, 1.807) is 0 Å². The molecule has 56 valence electrons. The van der Waals surface area contributed by atoms with Crippen molar-refractivity contribution in [2.75, 3.05) is 0 Å². The maximum absolute atomic E-state index is 12.5. The Morgan fingerprint density at radius 3 is 2.27 bits per heavy atom. The van der Waals surface area contributed by atoms with Crippen LogP contribution < -0.4 is 4.74 Å². The number of nitrogens with zero attached hydrogens (tertiary/aromatic N) is 1. The summed E-state index contributed by atoms with van der Waals surface area (Å²) in [5, 5.41) is 7.96. The van der Waals surface area contributed by atoms with Gasteiger partial charge in [-0.05, 0) is 12.1 Å². The van der Waals surface area contributed by atoms with E-state index >= 15 is 0 Å². The first-order valence-electron chi connectivity index (χ1n) is 2.75. The Morgan fingerprint density at radius 1 is 1.27 bits per heavy atom. The van der Waals surface area contributed by atoms with Gasteiger partial charge in [-0.2, -0.15) is 0 Å². The number of para-hydroxylation sites is 1. The molecule has 0 heterocycles. The predicted molar refractivity (Wildman–Crippen MR) is 32.6 cm³/mol. The second-order valence-electron chi connectivity index (χ2n) is 1.74. The highest BCUT2D eigenvalue weighted by molar-refractivity contribution is 5.26. The quantitative estimate of drug-likeness (QED) is 0.579. The van der Waals surface area contributed by atoms with Crippen LogP contribution in [0.2, 0.25) is 0 Å². The van der Waals surface area contributed by atoms with Crippen LogP contribution in [-0.4, -0.2) is 0 Å². The summed E-state index contributed by atoms with van der Waals surface area (Å²) in [4.78, 5) is 0. The van der Waals surface area contributed by atoms with Gasteiger partial charge in [-0.15, -0.1) is 5.26 Å². The van der Waals surface area contributed by atoms with E-state index in [1.807, 2.05) is 0 Å². The Morgan fingerprint density at radius 2 is 1.82 bits per heavy atom. The maximum atomic E-state index is 12.5. The van der Waals surface area contributed by atoms with Crippen molar-refractivity contribution in [2.45, 2.75) is 0 Å². The largest absolute Gasteiger partial charge is 0.382 e. The summed E-state index contributed by atoms with van der Waals surface area (Å²) in [6.45, 7) is 0. The number of benzene rings is 1. The molecule has 0 bridgehead atoms. The van der Waals surface area contributed by atoms with Gasteiger partial charge in [0, 0.05) is 0 Å². The summed E-state index contributed by atoms with van der Waals surface area (Å²) in [6.07, 6.45) is 1.19. The number of hydrogen-bond acceptors (Lipinski definition) is 2. The van der Waals surface area contributed by atoms with E-state index in [-0.39, 0.29) is 0 Å². The van der Waals surface area contributed by atoms with Crippen molar-refractivity contribution in [1.82, 2.24) is 0 Å². The van der Waals surface area contributed by atoms with Crippen LogP contribution >= 0.6 is 0 Å². The second-order valence-corrected chi connectivity index (χ2v) is 1.74. The zero-order chi connectivity index (χ0) is 8.27. The third kappa shape index (κ3) is 1.44. The van der Waals surface area contributed by atoms with E-state index < -0.39 is 17.4 Å². The van der Waals surface area contributed by atoms with E-state index in [9.17, 15) is 8.78 Å². The summed E-state index contributed by atoms with van der Waals surface area (Å²) in [7, 11) is 0. The van der Waals surface area contributed by atoms with E-state index in [0.717, 1.165) is 12.1 Å². The van der Waals surface area contributed by atoms with Crippen LogP contribution in [0.5, 0.6) is 5.75 Å². The summed E-state index contributed by atoms with van der Waals surface area (Å²) < 4.78 is 29.1. The Balaban J connectivity index is 3.12. The van der Waals surface area contributed by atoms with E-state index in [1.165, 1.54) is 12.3 Å². The lowest BCUT2D eigenvalue weighted by molar-refractivity contribution is 0.422. The van der Waals surface area contributed by atoms with Gasteiger partial charge in [-0.25, -0.2) is 8.78 Å². The topological polar surface area (TPSA) is 33.0 Å². The normalized spacial score (nSPS) is 8.82. The Hall–Kier alpha value is -1.63. The Kier molecular flexibility index (Phi) is 2.02. The first-order chi connectivity index (χ1) is 5.25. The highest BCUT2D eigenvalue weighted by Crippen LogP contribution is 2.19. The van der Waals surface area contributed by atoms with Crippen LogP contribution in [0.15, 0.2) is 18.2 Å². The lowest BCUT2D eigenvalue weighted by Crippen LogP contribution is -1.90. The van der Waals surface area contributed by atoms with Crippen molar-refractivity contribution in [3.8, 4) is 12.0 Å². The number of rotatable bonds is 1. The standard InChI is InChI=1S/C7H3F2NO/c8-5-2-1-3-6(9)7(5)11-4-10/h1-3H.